The van der Waals surface area contributed by atoms with Crippen molar-refractivity contribution in [3.05, 3.63) is 47.3 Å². The number of hydrogen-bond donors (Lipinski definition) is 3. The molecule has 0 bridgehead atoms. The first-order valence-electron chi connectivity index (χ1n) is 6.52. The number of nitrogens with zero attached hydrogens (tertiary/aromatic N) is 1. The molecule has 1 amide bonds. The number of aromatic nitrogens is 1. The molecule has 0 radical (unpaired) electrons. The lowest BCUT2D eigenvalue weighted by Crippen LogP contribution is -2.31. The third-order valence-corrected chi connectivity index (χ3v) is 4.62. The van der Waals surface area contributed by atoms with Gasteiger partial charge in [-0.15, -0.1) is 0 Å². The summed E-state index contributed by atoms with van der Waals surface area (Å²) in [6.45, 7) is 3.69. The fourth-order valence-electron chi connectivity index (χ4n) is 2.03. The minimum absolute atomic E-state index is 0.00509. The number of amides is 1. The lowest BCUT2D eigenvalue weighted by Gasteiger charge is -2.10. The monoisotopic (exact) mass is 322 g/mol. The van der Waals surface area contributed by atoms with Gasteiger partial charge in [0.15, 0.2) is 0 Å². The van der Waals surface area contributed by atoms with Gasteiger partial charge >= 0.3 is 0 Å². The largest absolute Gasteiger partial charge is 0.345 e. The number of carbonyl (C=O) groups is 1. The third kappa shape index (κ3) is 3.12. The number of sulfonamides is 1. The molecular formula is C14H18N4O3S. The highest BCUT2D eigenvalue weighted by molar-refractivity contribution is 7.92. The van der Waals surface area contributed by atoms with Gasteiger partial charge in [-0.2, -0.15) is 0 Å². The summed E-state index contributed by atoms with van der Waals surface area (Å²) < 4.78 is 28.8. The molecule has 8 heteroatoms. The van der Waals surface area contributed by atoms with Crippen LogP contribution in [0.4, 0.5) is 5.69 Å². The Morgan fingerprint density at radius 1 is 1.23 bits per heavy atom. The van der Waals surface area contributed by atoms with Crippen LogP contribution in [0.3, 0.4) is 0 Å². The zero-order valence-corrected chi connectivity index (χ0v) is 13.4. The van der Waals surface area contributed by atoms with Gasteiger partial charge < -0.3 is 4.57 Å². The van der Waals surface area contributed by atoms with Crippen molar-refractivity contribution < 1.29 is 13.2 Å². The number of nitrogens with two attached hydrogens (primary N) is 1. The zero-order chi connectivity index (χ0) is 16.5. The molecule has 0 aliphatic rings. The second-order valence-corrected chi connectivity index (χ2v) is 6.75. The Hall–Kier alpha value is -2.32. The number of nitrogens with one attached hydrogen (secondary N) is 2. The maximum atomic E-state index is 12.5. The molecule has 2 aromatic rings. The van der Waals surface area contributed by atoms with Crippen molar-refractivity contribution >= 4 is 21.6 Å². The number of hydrazine groups is 1. The van der Waals surface area contributed by atoms with Crippen LogP contribution in [0.25, 0.3) is 0 Å². The Morgan fingerprint density at radius 2 is 1.91 bits per heavy atom. The van der Waals surface area contributed by atoms with Gasteiger partial charge in [0.2, 0.25) is 0 Å². The number of rotatable bonds is 4. The lowest BCUT2D eigenvalue weighted by molar-refractivity contribution is 0.0945. The van der Waals surface area contributed by atoms with Gasteiger partial charge in [0, 0.05) is 13.2 Å². The Balaban J connectivity index is 2.39. The third-order valence-electron chi connectivity index (χ3n) is 3.29. The predicted molar refractivity (Wildman–Crippen MR) is 83.8 cm³/mol. The van der Waals surface area contributed by atoms with E-state index in [4.69, 9.17) is 5.84 Å². The van der Waals surface area contributed by atoms with Crippen LogP contribution in [0.5, 0.6) is 0 Å². The SMILES string of the molecule is Cc1ccc(C)c(NS(=O)(=O)c2cc(C(=O)NN)n(C)c2)c1. The molecule has 0 atom stereocenters. The zero-order valence-electron chi connectivity index (χ0n) is 12.5. The van der Waals surface area contributed by atoms with Crippen LogP contribution in [-0.4, -0.2) is 18.9 Å². The van der Waals surface area contributed by atoms with Crippen LogP contribution < -0.4 is 16.0 Å². The predicted octanol–water partition coefficient (Wildman–Crippen LogP) is 1.05. The minimum atomic E-state index is -3.79. The number of hydrogen-bond acceptors (Lipinski definition) is 4. The molecule has 118 valence electrons. The van der Waals surface area contributed by atoms with Gasteiger partial charge in [0.1, 0.15) is 10.6 Å². The Labute approximate surface area is 129 Å². The molecule has 0 unspecified atom stereocenters. The van der Waals surface area contributed by atoms with Crippen LogP contribution in [0.2, 0.25) is 0 Å². The van der Waals surface area contributed by atoms with Crippen LogP contribution in [0, 0.1) is 13.8 Å². The molecule has 2 rings (SSSR count). The van der Waals surface area contributed by atoms with Crippen LogP contribution in [0.1, 0.15) is 21.6 Å². The lowest BCUT2D eigenvalue weighted by atomic mass is 10.1. The van der Waals surface area contributed by atoms with Crippen molar-refractivity contribution in [2.45, 2.75) is 18.7 Å². The Kier molecular flexibility index (Phi) is 4.25. The molecule has 0 saturated carbocycles. The summed E-state index contributed by atoms with van der Waals surface area (Å²) in [6, 6.07) is 6.77. The van der Waals surface area contributed by atoms with E-state index in [2.05, 4.69) is 4.72 Å². The van der Waals surface area contributed by atoms with E-state index in [9.17, 15) is 13.2 Å². The van der Waals surface area contributed by atoms with Crippen LogP contribution in [-0.2, 0) is 17.1 Å². The van der Waals surface area contributed by atoms with Crippen LogP contribution >= 0.6 is 0 Å². The van der Waals surface area contributed by atoms with Crippen molar-refractivity contribution in [2.75, 3.05) is 4.72 Å². The fraction of sp³-hybridized carbons (Fsp3) is 0.214. The molecule has 0 aliphatic heterocycles. The highest BCUT2D eigenvalue weighted by Gasteiger charge is 2.21. The average molecular weight is 322 g/mol. The summed E-state index contributed by atoms with van der Waals surface area (Å²) in [4.78, 5) is 11.6. The molecule has 4 N–H and O–H groups in total. The van der Waals surface area contributed by atoms with E-state index >= 15 is 0 Å². The topological polar surface area (TPSA) is 106 Å². The molecule has 0 spiro atoms. The van der Waals surface area contributed by atoms with Gasteiger partial charge in [0.25, 0.3) is 15.9 Å². The van der Waals surface area contributed by atoms with Crippen molar-refractivity contribution in [2.24, 2.45) is 12.9 Å². The van der Waals surface area contributed by atoms with Crippen LogP contribution in [0.15, 0.2) is 35.4 Å². The van der Waals surface area contributed by atoms with E-state index in [-0.39, 0.29) is 10.6 Å². The normalized spacial score (nSPS) is 11.3. The van der Waals surface area contributed by atoms with Crippen molar-refractivity contribution in [1.29, 1.82) is 0 Å². The quantitative estimate of drug-likeness (QED) is 0.444. The van der Waals surface area contributed by atoms with Gasteiger partial charge in [-0.25, -0.2) is 14.3 Å². The maximum absolute atomic E-state index is 12.5. The summed E-state index contributed by atoms with van der Waals surface area (Å²) in [6.07, 6.45) is 1.36. The first-order valence-corrected chi connectivity index (χ1v) is 8.00. The molecule has 1 aromatic carbocycles. The van der Waals surface area contributed by atoms with Crippen molar-refractivity contribution in [3.8, 4) is 0 Å². The first kappa shape index (κ1) is 16.1. The van der Waals surface area contributed by atoms with E-state index in [0.29, 0.717) is 5.69 Å². The highest BCUT2D eigenvalue weighted by atomic mass is 32.2. The standard InChI is InChI=1S/C14H18N4O3S/c1-9-4-5-10(2)12(6-9)17-22(20,21)11-7-13(14(19)16-15)18(3)8-11/h4-8,17H,15H2,1-3H3,(H,16,19). The summed E-state index contributed by atoms with van der Waals surface area (Å²) in [5.74, 6) is 4.51. The summed E-state index contributed by atoms with van der Waals surface area (Å²) in [5, 5.41) is 0. The molecular weight excluding hydrogens is 304 g/mol. The second-order valence-electron chi connectivity index (χ2n) is 5.07. The molecule has 0 fully saturated rings. The summed E-state index contributed by atoms with van der Waals surface area (Å²) >= 11 is 0. The number of anilines is 1. The van der Waals surface area contributed by atoms with E-state index in [1.54, 1.807) is 13.1 Å². The maximum Gasteiger partial charge on any atom is 0.281 e. The van der Waals surface area contributed by atoms with Gasteiger partial charge in [-0.05, 0) is 37.1 Å². The van der Waals surface area contributed by atoms with Crippen molar-refractivity contribution in [1.82, 2.24) is 9.99 Å². The molecule has 1 aromatic heterocycles. The van der Waals surface area contributed by atoms with E-state index in [1.807, 2.05) is 31.4 Å². The Morgan fingerprint density at radius 3 is 2.55 bits per heavy atom. The number of aryl methyl sites for hydroxylation is 3. The average Bonchev–Trinajstić information content (AvgIpc) is 2.85. The van der Waals surface area contributed by atoms with Gasteiger partial charge in [-0.1, -0.05) is 12.1 Å². The molecule has 0 aliphatic carbocycles. The van der Waals surface area contributed by atoms with Crippen molar-refractivity contribution in [3.63, 3.8) is 0 Å². The van der Waals surface area contributed by atoms with Gasteiger partial charge in [0.05, 0.1) is 5.69 Å². The summed E-state index contributed by atoms with van der Waals surface area (Å²) in [5.41, 5.74) is 4.40. The second kappa shape index (κ2) is 5.82. The number of nitrogen functional groups attached to an aromatic ring is 1. The minimum Gasteiger partial charge on any atom is -0.345 e. The smallest absolute Gasteiger partial charge is 0.281 e. The van der Waals surface area contributed by atoms with Gasteiger partial charge in [-0.3, -0.25) is 14.9 Å². The fourth-order valence-corrected chi connectivity index (χ4v) is 3.22. The Bertz CT molecular complexity index is 825. The highest BCUT2D eigenvalue weighted by Crippen LogP contribution is 2.22. The van der Waals surface area contributed by atoms with E-state index < -0.39 is 15.9 Å². The molecule has 0 saturated heterocycles. The molecule has 1 heterocycles. The molecule has 7 nitrogen and oxygen atoms in total. The number of benzene rings is 1. The van der Waals surface area contributed by atoms with E-state index in [1.165, 1.54) is 16.8 Å². The van der Waals surface area contributed by atoms with E-state index in [0.717, 1.165) is 11.1 Å². The summed E-state index contributed by atoms with van der Waals surface area (Å²) in [7, 11) is -2.22. The first-order chi connectivity index (χ1) is 10.2. The molecule has 22 heavy (non-hydrogen) atoms. The number of carbonyl (C=O) groups excluding carboxylic acids is 1.